The van der Waals surface area contributed by atoms with Gasteiger partial charge in [0, 0.05) is 0 Å². The fourth-order valence-electron chi connectivity index (χ4n) is 4.82. The van der Waals surface area contributed by atoms with Gasteiger partial charge in [-0.3, -0.25) is 0 Å². The van der Waals surface area contributed by atoms with Crippen molar-refractivity contribution in [2.75, 3.05) is 4.90 Å². The van der Waals surface area contributed by atoms with Gasteiger partial charge in [0.05, 0.1) is 0 Å². The number of hydrogen-bond donors (Lipinski definition) is 0. The molecule has 0 amide bonds. The average molecular weight is 447 g/mol. The van der Waals surface area contributed by atoms with Crippen molar-refractivity contribution in [3.05, 3.63) is 53.6 Å². The summed E-state index contributed by atoms with van der Waals surface area (Å²) < 4.78 is 2.81. The van der Waals surface area contributed by atoms with Crippen LogP contribution in [0.2, 0.25) is 5.02 Å². The Bertz CT molecular complexity index is 702. The Hall–Kier alpha value is -0.951. The van der Waals surface area contributed by atoms with Gasteiger partial charge in [-0.1, -0.05) is 0 Å². The van der Waals surface area contributed by atoms with Gasteiger partial charge in [0.15, 0.2) is 0 Å². The number of nitrogens with zero attached hydrogens (tertiary/aromatic N) is 1. The van der Waals surface area contributed by atoms with E-state index in [1.165, 1.54) is 78.8 Å². The maximum atomic E-state index is 6.62. The molecule has 0 unspecified atom stereocenters. The van der Waals surface area contributed by atoms with Crippen molar-refractivity contribution >= 4 is 41.2 Å². The predicted octanol–water partition coefficient (Wildman–Crippen LogP) is 5.47. The molecular formula is C24H30ClNSe. The molecule has 4 rings (SSSR count). The molecular weight excluding hydrogens is 417 g/mol. The molecule has 27 heavy (non-hydrogen) atoms. The van der Waals surface area contributed by atoms with Crippen LogP contribution in [0.15, 0.2) is 48.5 Å². The number of halogens is 1. The summed E-state index contributed by atoms with van der Waals surface area (Å²) in [6.07, 6.45) is 13.8. The second-order valence-corrected chi connectivity index (χ2v) is 10.9. The Kier molecular flexibility index (Phi) is 6.82. The SMILES string of the molecule is Clc1cc([Se]c2ccccc2)cc(N(C2CCCCC2)C2CCCCC2)c1. The summed E-state index contributed by atoms with van der Waals surface area (Å²) >= 11 is 6.93. The molecule has 2 fully saturated rings. The van der Waals surface area contributed by atoms with E-state index in [9.17, 15) is 0 Å². The zero-order valence-corrected chi connectivity index (χ0v) is 18.5. The molecule has 144 valence electrons. The van der Waals surface area contributed by atoms with E-state index in [4.69, 9.17) is 11.6 Å². The first-order valence-corrected chi connectivity index (χ1v) is 12.7. The molecule has 0 N–H and O–H groups in total. The van der Waals surface area contributed by atoms with Crippen molar-refractivity contribution in [1.82, 2.24) is 0 Å². The molecule has 2 aliphatic rings. The molecule has 2 aromatic rings. The summed E-state index contributed by atoms with van der Waals surface area (Å²) in [6, 6.07) is 19.1. The summed E-state index contributed by atoms with van der Waals surface area (Å²) in [5, 5.41) is 0.900. The van der Waals surface area contributed by atoms with E-state index in [0.29, 0.717) is 27.0 Å². The van der Waals surface area contributed by atoms with Crippen LogP contribution in [0.4, 0.5) is 5.69 Å². The predicted molar refractivity (Wildman–Crippen MR) is 119 cm³/mol. The van der Waals surface area contributed by atoms with Crippen LogP contribution in [-0.2, 0) is 0 Å². The maximum absolute atomic E-state index is 6.62. The quantitative estimate of drug-likeness (QED) is 0.551. The van der Waals surface area contributed by atoms with Crippen molar-refractivity contribution in [3.8, 4) is 0 Å². The van der Waals surface area contributed by atoms with Gasteiger partial charge in [-0.15, -0.1) is 0 Å². The number of hydrogen-bond acceptors (Lipinski definition) is 1. The van der Waals surface area contributed by atoms with Crippen LogP contribution in [0.1, 0.15) is 64.2 Å². The van der Waals surface area contributed by atoms with E-state index in [0.717, 1.165) is 5.02 Å². The first-order chi connectivity index (χ1) is 13.3. The Morgan fingerprint density at radius 2 is 1.30 bits per heavy atom. The zero-order chi connectivity index (χ0) is 18.5. The summed E-state index contributed by atoms with van der Waals surface area (Å²) in [4.78, 5) is 2.80. The first-order valence-electron chi connectivity index (χ1n) is 10.6. The molecule has 0 bridgehead atoms. The summed E-state index contributed by atoms with van der Waals surface area (Å²) in [5.41, 5.74) is 1.38. The van der Waals surface area contributed by atoms with Crippen molar-refractivity contribution in [1.29, 1.82) is 0 Å². The molecule has 2 aliphatic carbocycles. The van der Waals surface area contributed by atoms with Gasteiger partial charge in [0.1, 0.15) is 0 Å². The zero-order valence-electron chi connectivity index (χ0n) is 16.1. The molecule has 1 nitrogen and oxygen atoms in total. The number of rotatable bonds is 5. The second kappa shape index (κ2) is 9.50. The second-order valence-electron chi connectivity index (χ2n) is 8.05. The summed E-state index contributed by atoms with van der Waals surface area (Å²) in [5.74, 6) is 0. The van der Waals surface area contributed by atoms with Crippen LogP contribution in [0.3, 0.4) is 0 Å². The van der Waals surface area contributed by atoms with Crippen molar-refractivity contribution in [2.24, 2.45) is 0 Å². The van der Waals surface area contributed by atoms with E-state index in [1.807, 2.05) is 0 Å². The van der Waals surface area contributed by atoms with Gasteiger partial charge in [-0.25, -0.2) is 0 Å². The number of benzene rings is 2. The van der Waals surface area contributed by atoms with Crippen LogP contribution < -0.4 is 13.8 Å². The Morgan fingerprint density at radius 3 is 1.89 bits per heavy atom. The van der Waals surface area contributed by atoms with Crippen LogP contribution in [0, 0.1) is 0 Å². The van der Waals surface area contributed by atoms with Gasteiger partial charge >= 0.3 is 176 Å². The molecule has 3 heteroatoms. The Morgan fingerprint density at radius 1 is 0.704 bits per heavy atom. The minimum atomic E-state index is 0.311. The van der Waals surface area contributed by atoms with Gasteiger partial charge in [0.2, 0.25) is 0 Å². The van der Waals surface area contributed by atoms with Crippen LogP contribution >= 0.6 is 11.6 Å². The van der Waals surface area contributed by atoms with Crippen molar-refractivity contribution < 1.29 is 0 Å². The fraction of sp³-hybridized carbons (Fsp3) is 0.500. The third kappa shape index (κ3) is 5.11. The third-order valence-electron chi connectivity index (χ3n) is 6.07. The van der Waals surface area contributed by atoms with Crippen molar-refractivity contribution in [2.45, 2.75) is 76.3 Å². The van der Waals surface area contributed by atoms with Crippen LogP contribution in [0.5, 0.6) is 0 Å². The van der Waals surface area contributed by atoms with Crippen molar-refractivity contribution in [3.63, 3.8) is 0 Å². The summed E-state index contributed by atoms with van der Waals surface area (Å²) in [6.45, 7) is 0. The number of anilines is 1. The molecule has 0 heterocycles. The molecule has 2 aromatic carbocycles. The third-order valence-corrected chi connectivity index (χ3v) is 8.34. The fourth-order valence-corrected chi connectivity index (χ4v) is 7.15. The molecule has 0 saturated heterocycles. The molecule has 0 atom stereocenters. The van der Waals surface area contributed by atoms with Gasteiger partial charge in [-0.2, -0.15) is 0 Å². The topological polar surface area (TPSA) is 3.24 Å². The van der Waals surface area contributed by atoms with E-state index in [1.54, 1.807) is 0 Å². The monoisotopic (exact) mass is 447 g/mol. The van der Waals surface area contributed by atoms with E-state index in [2.05, 4.69) is 53.4 Å². The average Bonchev–Trinajstić information content (AvgIpc) is 2.70. The van der Waals surface area contributed by atoms with Gasteiger partial charge < -0.3 is 0 Å². The standard InChI is InChI=1S/C24H30ClNSe/c25-19-16-22(18-24(17-19)27-23-14-8-3-9-15-23)26(20-10-4-1-5-11-20)21-12-6-2-7-13-21/h3,8-9,14-18,20-21H,1-2,4-7,10-13H2. The molecule has 0 aromatic heterocycles. The minimum absolute atomic E-state index is 0.311. The first kappa shape index (κ1) is 19.4. The molecule has 0 aliphatic heterocycles. The Labute approximate surface area is 175 Å². The summed E-state index contributed by atoms with van der Waals surface area (Å²) in [7, 11) is 0. The van der Waals surface area contributed by atoms with Crippen LogP contribution in [0.25, 0.3) is 0 Å². The Balaban J connectivity index is 1.63. The molecule has 0 spiro atoms. The normalized spacial score (nSPS) is 19.1. The van der Waals surface area contributed by atoms with Crippen LogP contribution in [-0.4, -0.2) is 27.0 Å². The molecule has 2 saturated carbocycles. The van der Waals surface area contributed by atoms with Gasteiger partial charge in [0.25, 0.3) is 0 Å². The van der Waals surface area contributed by atoms with Gasteiger partial charge in [-0.05, 0) is 0 Å². The van der Waals surface area contributed by atoms with E-state index < -0.39 is 0 Å². The van der Waals surface area contributed by atoms with E-state index >= 15 is 0 Å². The van der Waals surface area contributed by atoms with E-state index in [-0.39, 0.29) is 0 Å². The molecule has 0 radical (unpaired) electrons.